The van der Waals surface area contributed by atoms with Crippen molar-refractivity contribution in [2.75, 3.05) is 13.2 Å². The third-order valence-electron chi connectivity index (χ3n) is 7.33. The van der Waals surface area contributed by atoms with Gasteiger partial charge >= 0.3 is 0 Å². The van der Waals surface area contributed by atoms with Gasteiger partial charge in [-0.3, -0.25) is 4.79 Å². The van der Waals surface area contributed by atoms with E-state index in [0.29, 0.717) is 18.6 Å². The van der Waals surface area contributed by atoms with Crippen LogP contribution < -0.4 is 5.32 Å². The lowest BCUT2D eigenvalue weighted by atomic mass is 9.49. The summed E-state index contributed by atoms with van der Waals surface area (Å²) < 4.78 is 11.7. The van der Waals surface area contributed by atoms with E-state index < -0.39 is 0 Å². The zero-order chi connectivity index (χ0) is 15.4. The number of hydrogen-bond acceptors (Lipinski definition) is 3. The lowest BCUT2D eigenvalue weighted by molar-refractivity contribution is -0.162. The van der Waals surface area contributed by atoms with Crippen molar-refractivity contribution < 1.29 is 14.3 Å². The van der Waals surface area contributed by atoms with Crippen LogP contribution in [0.25, 0.3) is 0 Å². The first-order valence-electron chi connectivity index (χ1n) is 9.74. The molecule has 0 aromatic carbocycles. The Hall–Kier alpha value is -0.610. The average molecular weight is 319 g/mol. The molecule has 128 valence electrons. The molecule has 1 heterocycles. The molecule has 1 aliphatic heterocycles. The molecular weight excluding hydrogens is 290 g/mol. The van der Waals surface area contributed by atoms with Crippen molar-refractivity contribution in [3.05, 3.63) is 0 Å². The van der Waals surface area contributed by atoms with E-state index >= 15 is 0 Å². The van der Waals surface area contributed by atoms with Crippen LogP contribution in [0.4, 0.5) is 0 Å². The van der Waals surface area contributed by atoms with Crippen molar-refractivity contribution in [3.63, 3.8) is 0 Å². The Kier molecular flexibility index (Phi) is 3.49. The largest absolute Gasteiger partial charge is 0.373 e. The fraction of sp³-hybridized carbons (Fsp3) is 0.947. The number of amides is 1. The van der Waals surface area contributed by atoms with Crippen LogP contribution in [0.2, 0.25) is 0 Å². The second-order valence-electron chi connectivity index (χ2n) is 9.00. The Morgan fingerprint density at radius 3 is 2.09 bits per heavy atom. The molecule has 3 atom stereocenters. The summed E-state index contributed by atoms with van der Waals surface area (Å²) in [4.78, 5) is 13.1. The zero-order valence-corrected chi connectivity index (χ0v) is 14.0. The number of carbonyl (C=O) groups excluding carboxylic acids is 1. The third kappa shape index (κ3) is 2.53. The molecule has 5 aliphatic carbocycles. The van der Waals surface area contributed by atoms with Gasteiger partial charge in [-0.1, -0.05) is 0 Å². The van der Waals surface area contributed by atoms with Crippen LogP contribution in [0.15, 0.2) is 0 Å². The van der Waals surface area contributed by atoms with Crippen molar-refractivity contribution >= 4 is 5.91 Å². The Bertz CT molecular complexity index is 456. The van der Waals surface area contributed by atoms with Crippen LogP contribution in [0, 0.1) is 23.2 Å². The summed E-state index contributed by atoms with van der Waals surface area (Å²) in [6.07, 6.45) is 11.1. The van der Waals surface area contributed by atoms with Crippen LogP contribution in [-0.4, -0.2) is 37.4 Å². The number of hydrogen-bond donors (Lipinski definition) is 1. The van der Waals surface area contributed by atoms with Gasteiger partial charge in [0.1, 0.15) is 0 Å². The highest BCUT2D eigenvalue weighted by molar-refractivity contribution is 5.83. The first-order chi connectivity index (χ1) is 11.2. The molecule has 1 saturated heterocycles. The van der Waals surface area contributed by atoms with Gasteiger partial charge in [-0.2, -0.15) is 0 Å². The predicted molar refractivity (Wildman–Crippen MR) is 85.9 cm³/mol. The molecule has 1 amide bonds. The van der Waals surface area contributed by atoms with E-state index in [1.165, 1.54) is 19.3 Å². The molecule has 0 aromatic rings. The van der Waals surface area contributed by atoms with E-state index in [-0.39, 0.29) is 17.6 Å². The molecule has 23 heavy (non-hydrogen) atoms. The van der Waals surface area contributed by atoms with E-state index in [2.05, 4.69) is 5.32 Å². The van der Waals surface area contributed by atoms with Crippen molar-refractivity contribution in [2.45, 2.75) is 76.0 Å². The van der Waals surface area contributed by atoms with E-state index in [0.717, 1.165) is 62.9 Å². The number of ether oxygens (including phenoxy) is 2. The number of rotatable bonds is 2. The maximum atomic E-state index is 13.1. The molecule has 4 heteroatoms. The third-order valence-corrected chi connectivity index (χ3v) is 7.33. The van der Waals surface area contributed by atoms with Gasteiger partial charge in [0.2, 0.25) is 5.91 Å². The fourth-order valence-corrected chi connectivity index (χ4v) is 6.72. The Morgan fingerprint density at radius 2 is 1.43 bits per heavy atom. The first-order valence-corrected chi connectivity index (χ1v) is 9.74. The molecule has 6 rings (SSSR count). The van der Waals surface area contributed by atoms with Gasteiger partial charge in [-0.15, -0.1) is 0 Å². The van der Waals surface area contributed by atoms with Gasteiger partial charge in [0.05, 0.1) is 25.4 Å². The molecule has 6 fully saturated rings. The summed E-state index contributed by atoms with van der Waals surface area (Å²) in [6, 6.07) is 0.290. The molecule has 4 nitrogen and oxygen atoms in total. The Morgan fingerprint density at radius 1 is 0.826 bits per heavy atom. The predicted octanol–water partition coefficient (Wildman–Crippen LogP) is 2.66. The van der Waals surface area contributed by atoms with E-state index in [4.69, 9.17) is 9.47 Å². The standard InChI is InChI=1S/C19H29NO3/c21-18(19-9-12-5-13(10-19)7-14(6-12)11-19)20-15-1-2-16-17(8-15)23-4-3-22-16/h12-17H,1-11H2,(H,20,21). The minimum atomic E-state index is -0.0183. The SMILES string of the molecule is O=C(NC1CCC2OCCOC2C1)C12CC3CC(CC(C3)C1)C2. The second kappa shape index (κ2) is 5.45. The molecular formula is C19H29NO3. The normalized spacial score (nSPS) is 51.3. The quantitative estimate of drug-likeness (QED) is 0.851. The van der Waals surface area contributed by atoms with Crippen LogP contribution in [0.5, 0.6) is 0 Å². The monoisotopic (exact) mass is 319 g/mol. The maximum Gasteiger partial charge on any atom is 0.226 e. The average Bonchev–Trinajstić information content (AvgIpc) is 2.53. The molecule has 0 radical (unpaired) electrons. The minimum Gasteiger partial charge on any atom is -0.373 e. The van der Waals surface area contributed by atoms with Crippen LogP contribution in [0.3, 0.4) is 0 Å². The lowest BCUT2D eigenvalue weighted by Crippen LogP contribution is -2.57. The molecule has 3 unspecified atom stereocenters. The molecule has 6 aliphatic rings. The Balaban J connectivity index is 1.25. The summed E-state index contributed by atoms with van der Waals surface area (Å²) in [6.45, 7) is 1.43. The van der Waals surface area contributed by atoms with Crippen molar-refractivity contribution in [1.29, 1.82) is 0 Å². The summed E-state index contributed by atoms with van der Waals surface area (Å²) >= 11 is 0. The van der Waals surface area contributed by atoms with Crippen LogP contribution in [-0.2, 0) is 14.3 Å². The molecule has 0 spiro atoms. The summed E-state index contributed by atoms with van der Waals surface area (Å²) in [5, 5.41) is 3.43. The summed E-state index contributed by atoms with van der Waals surface area (Å²) in [7, 11) is 0. The maximum absolute atomic E-state index is 13.1. The second-order valence-corrected chi connectivity index (χ2v) is 9.00. The van der Waals surface area contributed by atoms with Crippen molar-refractivity contribution in [2.24, 2.45) is 23.2 Å². The summed E-state index contributed by atoms with van der Waals surface area (Å²) in [5.41, 5.74) is -0.0183. The lowest BCUT2D eigenvalue weighted by Gasteiger charge is -2.56. The highest BCUT2D eigenvalue weighted by atomic mass is 16.6. The van der Waals surface area contributed by atoms with Crippen molar-refractivity contribution in [3.8, 4) is 0 Å². The molecule has 0 aromatic heterocycles. The van der Waals surface area contributed by atoms with Gasteiger partial charge < -0.3 is 14.8 Å². The van der Waals surface area contributed by atoms with Gasteiger partial charge in [0.15, 0.2) is 0 Å². The topological polar surface area (TPSA) is 47.6 Å². The van der Waals surface area contributed by atoms with E-state index in [1.807, 2.05) is 0 Å². The minimum absolute atomic E-state index is 0.0183. The summed E-state index contributed by atoms with van der Waals surface area (Å²) in [5.74, 6) is 2.87. The van der Waals surface area contributed by atoms with Gasteiger partial charge in [-0.05, 0) is 75.5 Å². The zero-order valence-electron chi connectivity index (χ0n) is 14.0. The van der Waals surface area contributed by atoms with E-state index in [9.17, 15) is 4.79 Å². The number of carbonyl (C=O) groups is 1. The smallest absolute Gasteiger partial charge is 0.226 e. The van der Waals surface area contributed by atoms with Crippen LogP contribution >= 0.6 is 0 Å². The fourth-order valence-electron chi connectivity index (χ4n) is 6.72. The molecule has 1 N–H and O–H groups in total. The van der Waals surface area contributed by atoms with Crippen LogP contribution in [0.1, 0.15) is 57.8 Å². The highest BCUT2D eigenvalue weighted by Crippen LogP contribution is 2.60. The van der Waals surface area contributed by atoms with E-state index in [1.54, 1.807) is 0 Å². The van der Waals surface area contributed by atoms with Gasteiger partial charge in [-0.25, -0.2) is 0 Å². The number of fused-ring (bicyclic) bond motifs is 1. The molecule has 5 saturated carbocycles. The van der Waals surface area contributed by atoms with Gasteiger partial charge in [0, 0.05) is 11.5 Å². The van der Waals surface area contributed by atoms with Crippen molar-refractivity contribution in [1.82, 2.24) is 5.32 Å². The Labute approximate surface area is 138 Å². The first kappa shape index (κ1) is 14.7. The molecule has 4 bridgehead atoms. The highest BCUT2D eigenvalue weighted by Gasteiger charge is 2.55. The number of nitrogens with one attached hydrogen (secondary N) is 1. The van der Waals surface area contributed by atoms with Gasteiger partial charge in [0.25, 0.3) is 0 Å².